The molecular weight excluding hydrogens is 444 g/mol. The van der Waals surface area contributed by atoms with Crippen LogP contribution in [0.3, 0.4) is 0 Å². The van der Waals surface area contributed by atoms with Gasteiger partial charge in [-0.25, -0.2) is 14.2 Å². The average Bonchev–Trinajstić information content (AvgIpc) is 2.52. The fourth-order valence-electron chi connectivity index (χ4n) is 2.17. The van der Waals surface area contributed by atoms with Gasteiger partial charge in [0, 0.05) is 31.8 Å². The minimum atomic E-state index is -0.782. The first-order valence-corrected chi connectivity index (χ1v) is 8.21. The van der Waals surface area contributed by atoms with Crippen molar-refractivity contribution in [2.75, 3.05) is 19.4 Å². The minimum Gasteiger partial charge on any atom is -0.338 e. The Morgan fingerprint density at radius 1 is 1.20 bits per heavy atom. The quantitative estimate of drug-likeness (QED) is 0.519. The summed E-state index contributed by atoms with van der Waals surface area (Å²) >= 11 is 1.96. The van der Waals surface area contributed by atoms with Gasteiger partial charge >= 0.3 is 5.69 Å². The van der Waals surface area contributed by atoms with Crippen molar-refractivity contribution < 1.29 is 9.18 Å². The van der Waals surface area contributed by atoms with Crippen molar-refractivity contribution in [3.05, 3.63) is 54.0 Å². The molecule has 0 aliphatic carbocycles. The Labute approximate surface area is 156 Å². The van der Waals surface area contributed by atoms with Crippen molar-refractivity contribution in [3.8, 4) is 0 Å². The Morgan fingerprint density at radius 3 is 2.40 bits per heavy atom. The molecule has 0 radical (unpaired) electrons. The Bertz CT molecular complexity index is 951. The van der Waals surface area contributed by atoms with E-state index in [0.717, 1.165) is 9.13 Å². The number of rotatable bonds is 4. The Kier molecular flexibility index (Phi) is 5.62. The van der Waals surface area contributed by atoms with E-state index in [4.69, 9.17) is 0 Å². The molecule has 10 heteroatoms. The van der Waals surface area contributed by atoms with Crippen LogP contribution >= 0.6 is 22.6 Å². The third kappa shape index (κ3) is 3.90. The number of nitrogens with one attached hydrogen (secondary N) is 2. The lowest BCUT2D eigenvalue weighted by molar-refractivity contribution is 0.0854. The van der Waals surface area contributed by atoms with Crippen LogP contribution in [-0.2, 0) is 14.1 Å². The molecule has 0 saturated heterocycles. The zero-order chi connectivity index (χ0) is 18.9. The molecule has 0 unspecified atom stereocenters. The Hall–Kier alpha value is -2.21. The number of carbonyl (C=O) groups is 1. The summed E-state index contributed by atoms with van der Waals surface area (Å²) in [4.78, 5) is 37.1. The smallest absolute Gasteiger partial charge is 0.332 e. The lowest BCUT2D eigenvalue weighted by atomic mass is 10.2. The van der Waals surface area contributed by atoms with E-state index in [0.29, 0.717) is 3.57 Å². The molecule has 1 heterocycles. The van der Waals surface area contributed by atoms with E-state index in [9.17, 15) is 18.8 Å². The maximum absolute atomic E-state index is 14.1. The van der Waals surface area contributed by atoms with E-state index in [-0.39, 0.29) is 17.1 Å². The molecule has 0 saturated carbocycles. The summed E-state index contributed by atoms with van der Waals surface area (Å²) in [5.41, 5.74) is 0.783. The molecule has 0 fully saturated rings. The van der Waals surface area contributed by atoms with Crippen LogP contribution in [0.4, 0.5) is 15.9 Å². The normalized spacial score (nSPS) is 10.8. The maximum atomic E-state index is 14.1. The third-order valence-corrected chi connectivity index (χ3v) is 4.07. The molecule has 0 atom stereocenters. The van der Waals surface area contributed by atoms with E-state index in [1.54, 1.807) is 20.2 Å². The zero-order valence-electron chi connectivity index (χ0n) is 14.1. The number of benzene rings is 1. The largest absolute Gasteiger partial charge is 0.338 e. The van der Waals surface area contributed by atoms with Crippen molar-refractivity contribution >= 4 is 40.0 Å². The van der Waals surface area contributed by atoms with Crippen molar-refractivity contribution in [2.24, 2.45) is 14.1 Å². The fourth-order valence-corrected chi connectivity index (χ4v) is 2.63. The monoisotopic (exact) mass is 461 g/mol. The van der Waals surface area contributed by atoms with Crippen LogP contribution in [0.25, 0.3) is 0 Å². The third-order valence-electron chi connectivity index (χ3n) is 3.40. The number of amides is 1. The summed E-state index contributed by atoms with van der Waals surface area (Å²) < 4.78 is 16.7. The van der Waals surface area contributed by atoms with E-state index in [2.05, 4.69) is 10.7 Å². The minimum absolute atomic E-state index is 0.0440. The first kappa shape index (κ1) is 19.1. The SMILES string of the molecule is CN(C)NC(=O)c1c(Nc2ccc(I)cc2F)n(C)c(=O)n(C)c1=O. The predicted molar refractivity (Wildman–Crippen MR) is 100 cm³/mol. The highest BCUT2D eigenvalue weighted by molar-refractivity contribution is 14.1. The number of halogens is 2. The van der Waals surface area contributed by atoms with Gasteiger partial charge in [-0.3, -0.25) is 24.1 Å². The van der Waals surface area contributed by atoms with Gasteiger partial charge in [0.25, 0.3) is 11.5 Å². The molecule has 1 aromatic heterocycles. The van der Waals surface area contributed by atoms with Gasteiger partial charge in [-0.2, -0.15) is 0 Å². The summed E-state index contributed by atoms with van der Waals surface area (Å²) in [7, 11) is 5.82. The number of anilines is 2. The molecule has 0 spiro atoms. The van der Waals surface area contributed by atoms with Gasteiger partial charge < -0.3 is 5.32 Å². The lowest BCUT2D eigenvalue weighted by Gasteiger charge is -2.18. The summed E-state index contributed by atoms with van der Waals surface area (Å²) in [5, 5.41) is 4.05. The van der Waals surface area contributed by atoms with Crippen molar-refractivity contribution in [1.82, 2.24) is 19.6 Å². The summed E-state index contributed by atoms with van der Waals surface area (Å²) in [6, 6.07) is 4.42. The number of hydrazine groups is 1. The van der Waals surface area contributed by atoms with Crippen LogP contribution in [-0.4, -0.2) is 34.1 Å². The van der Waals surface area contributed by atoms with Gasteiger partial charge in [-0.15, -0.1) is 0 Å². The molecule has 1 aromatic carbocycles. The van der Waals surface area contributed by atoms with Crippen LogP contribution in [0, 0.1) is 9.39 Å². The molecule has 2 aromatic rings. The number of nitrogens with zero attached hydrogens (tertiary/aromatic N) is 3. The van der Waals surface area contributed by atoms with Crippen molar-refractivity contribution in [3.63, 3.8) is 0 Å². The predicted octanol–water partition coefficient (Wildman–Crippen LogP) is 0.778. The lowest BCUT2D eigenvalue weighted by Crippen LogP contribution is -2.45. The molecule has 25 heavy (non-hydrogen) atoms. The van der Waals surface area contributed by atoms with Gasteiger partial charge in [-0.1, -0.05) is 0 Å². The van der Waals surface area contributed by atoms with Gasteiger partial charge in [0.05, 0.1) is 5.69 Å². The van der Waals surface area contributed by atoms with Crippen molar-refractivity contribution in [1.29, 1.82) is 0 Å². The molecule has 8 nitrogen and oxygen atoms in total. The second kappa shape index (κ2) is 7.35. The van der Waals surface area contributed by atoms with Gasteiger partial charge in [0.2, 0.25) is 0 Å². The molecule has 134 valence electrons. The number of hydrogen-bond acceptors (Lipinski definition) is 5. The molecule has 0 aliphatic heterocycles. The molecule has 0 bridgehead atoms. The van der Waals surface area contributed by atoms with Crippen LogP contribution in [0.5, 0.6) is 0 Å². The molecule has 2 rings (SSSR count). The van der Waals surface area contributed by atoms with Crippen molar-refractivity contribution in [2.45, 2.75) is 0 Å². The Balaban J connectivity index is 2.68. The summed E-state index contributed by atoms with van der Waals surface area (Å²) in [6.07, 6.45) is 0. The first-order chi connectivity index (χ1) is 11.6. The molecular formula is C15H17FIN5O3. The molecule has 2 N–H and O–H groups in total. The average molecular weight is 461 g/mol. The number of hydrogen-bond donors (Lipinski definition) is 2. The van der Waals surface area contributed by atoms with Gasteiger partial charge in [-0.05, 0) is 40.8 Å². The summed E-state index contributed by atoms with van der Waals surface area (Å²) in [5.74, 6) is -1.37. The second-order valence-electron chi connectivity index (χ2n) is 5.51. The van der Waals surface area contributed by atoms with Crippen LogP contribution in [0.15, 0.2) is 27.8 Å². The number of aromatic nitrogens is 2. The van der Waals surface area contributed by atoms with E-state index < -0.39 is 23.0 Å². The van der Waals surface area contributed by atoms with Crippen LogP contribution in [0.2, 0.25) is 0 Å². The van der Waals surface area contributed by atoms with E-state index in [1.165, 1.54) is 31.2 Å². The standard InChI is InChI=1S/C15H17FIN5O3/c1-20(2)19-13(23)11-12(21(3)15(25)22(4)14(11)24)18-10-6-5-8(17)7-9(10)16/h5-7,18H,1-4H3,(H,19,23). The second-order valence-corrected chi connectivity index (χ2v) is 6.76. The van der Waals surface area contributed by atoms with Gasteiger partial charge in [0.1, 0.15) is 17.2 Å². The highest BCUT2D eigenvalue weighted by Crippen LogP contribution is 2.22. The first-order valence-electron chi connectivity index (χ1n) is 7.14. The number of carbonyl (C=O) groups excluding carboxylic acids is 1. The van der Waals surface area contributed by atoms with Gasteiger partial charge in [0.15, 0.2) is 0 Å². The molecule has 0 aliphatic rings. The summed E-state index contributed by atoms with van der Waals surface area (Å²) in [6.45, 7) is 0. The van der Waals surface area contributed by atoms with E-state index >= 15 is 0 Å². The zero-order valence-corrected chi connectivity index (χ0v) is 16.2. The Morgan fingerprint density at radius 2 is 1.84 bits per heavy atom. The highest BCUT2D eigenvalue weighted by atomic mass is 127. The maximum Gasteiger partial charge on any atom is 0.332 e. The molecule has 1 amide bonds. The highest BCUT2D eigenvalue weighted by Gasteiger charge is 2.23. The van der Waals surface area contributed by atoms with Crippen LogP contribution in [0.1, 0.15) is 10.4 Å². The van der Waals surface area contributed by atoms with Crippen LogP contribution < -0.4 is 22.0 Å². The topological polar surface area (TPSA) is 88.4 Å². The fraction of sp³-hybridized carbons (Fsp3) is 0.267. The van der Waals surface area contributed by atoms with E-state index in [1.807, 2.05) is 22.6 Å².